The lowest BCUT2D eigenvalue weighted by molar-refractivity contribution is -0.109. The molecule has 33 heavy (non-hydrogen) atoms. The summed E-state index contributed by atoms with van der Waals surface area (Å²) in [6.07, 6.45) is 3.15. The number of thioether (sulfide) groups is 1. The lowest BCUT2D eigenvalue weighted by atomic mass is 10.0. The molecule has 0 bridgehead atoms. The molecule has 0 aliphatic carbocycles. The lowest BCUT2D eigenvalue weighted by Gasteiger charge is -2.21. The van der Waals surface area contributed by atoms with Crippen LogP contribution >= 0.6 is 11.8 Å². The fraction of sp³-hybridized carbons (Fsp3) is 0.240. The Balaban J connectivity index is 1.60. The van der Waals surface area contributed by atoms with Crippen molar-refractivity contribution < 1.29 is 14.3 Å². The van der Waals surface area contributed by atoms with Crippen molar-refractivity contribution in [3.8, 4) is 16.9 Å². The molecule has 2 aromatic carbocycles. The van der Waals surface area contributed by atoms with Gasteiger partial charge in [0.2, 0.25) is 6.41 Å². The Labute approximate surface area is 197 Å². The Bertz CT molecular complexity index is 1120. The van der Waals surface area contributed by atoms with Crippen LogP contribution in [0.1, 0.15) is 11.1 Å². The smallest absolute Gasteiger partial charge is 0.209 e. The average Bonchev–Trinajstić information content (AvgIpc) is 3.23. The van der Waals surface area contributed by atoms with Gasteiger partial charge in [0.05, 0.1) is 6.61 Å². The highest BCUT2D eigenvalue weighted by molar-refractivity contribution is 8.14. The van der Waals surface area contributed by atoms with Crippen LogP contribution < -0.4 is 15.1 Å². The van der Waals surface area contributed by atoms with Gasteiger partial charge in [-0.1, -0.05) is 48.2 Å². The van der Waals surface area contributed by atoms with Crippen LogP contribution in [0, 0.1) is 6.92 Å². The molecule has 1 atom stereocenters. The summed E-state index contributed by atoms with van der Waals surface area (Å²) in [6, 6.07) is 20.1. The molecule has 3 aromatic rings. The number of amides is 1. The van der Waals surface area contributed by atoms with Gasteiger partial charge in [-0.2, -0.15) is 5.10 Å². The third-order valence-electron chi connectivity index (χ3n) is 5.15. The van der Waals surface area contributed by atoms with Gasteiger partial charge >= 0.3 is 0 Å². The van der Waals surface area contributed by atoms with E-state index in [4.69, 9.17) is 14.6 Å². The first kappa shape index (κ1) is 22.8. The van der Waals surface area contributed by atoms with E-state index in [0.29, 0.717) is 31.9 Å². The van der Waals surface area contributed by atoms with Crippen molar-refractivity contribution >= 4 is 29.0 Å². The number of carbonyl (C=O) groups is 1. The number of nitrogens with one attached hydrogen (secondary N) is 1. The molecule has 0 saturated carbocycles. The van der Waals surface area contributed by atoms with E-state index in [1.807, 2.05) is 48.5 Å². The second kappa shape index (κ2) is 11.0. The summed E-state index contributed by atoms with van der Waals surface area (Å²) < 4.78 is 10.9. The standard InChI is InChI=1S/C25H26N4O3S/c1-18-8-9-21(32-13-12-31-2)16-22(18)20-10-11-26-23(15-20)29-25(27-17-30)33-24(28-29)14-19-6-4-3-5-7-19/h3-11,15-17,25H,12-14H2,1-2H3,(H,27,30). The molecule has 1 unspecified atom stereocenters. The number of hydrogen-bond donors (Lipinski definition) is 1. The van der Waals surface area contributed by atoms with Gasteiger partial charge in [-0.05, 0) is 53.4 Å². The van der Waals surface area contributed by atoms with Crippen LogP contribution in [0.25, 0.3) is 11.1 Å². The minimum absolute atomic E-state index is 0.353. The molecule has 0 spiro atoms. The molecule has 0 fully saturated rings. The summed E-state index contributed by atoms with van der Waals surface area (Å²) in [5.41, 5.74) is 3.98. The van der Waals surface area contributed by atoms with Crippen LogP contribution in [0.4, 0.5) is 5.82 Å². The first-order valence-electron chi connectivity index (χ1n) is 10.6. The van der Waals surface area contributed by atoms with Crippen LogP contribution in [0.15, 0.2) is 72.0 Å². The van der Waals surface area contributed by atoms with E-state index < -0.39 is 0 Å². The Morgan fingerprint density at radius 3 is 2.76 bits per heavy atom. The highest BCUT2D eigenvalue weighted by atomic mass is 32.2. The maximum atomic E-state index is 11.2. The topological polar surface area (TPSA) is 76.1 Å². The van der Waals surface area contributed by atoms with Gasteiger partial charge in [0.15, 0.2) is 11.3 Å². The highest BCUT2D eigenvalue weighted by Crippen LogP contribution is 2.34. The molecule has 7 nitrogen and oxygen atoms in total. The number of aromatic nitrogens is 1. The largest absolute Gasteiger partial charge is 0.491 e. The Morgan fingerprint density at radius 1 is 1.12 bits per heavy atom. The van der Waals surface area contributed by atoms with Crippen molar-refractivity contribution in [1.82, 2.24) is 10.3 Å². The zero-order valence-electron chi connectivity index (χ0n) is 18.6. The van der Waals surface area contributed by atoms with Crippen LogP contribution in [0.5, 0.6) is 5.75 Å². The van der Waals surface area contributed by atoms with Crippen LogP contribution in [-0.4, -0.2) is 42.3 Å². The molecule has 1 aromatic heterocycles. The number of hydrogen-bond acceptors (Lipinski definition) is 7. The van der Waals surface area contributed by atoms with Gasteiger partial charge in [-0.3, -0.25) is 4.79 Å². The zero-order valence-corrected chi connectivity index (χ0v) is 19.4. The van der Waals surface area contributed by atoms with Crippen molar-refractivity contribution in [1.29, 1.82) is 0 Å². The second-order valence-corrected chi connectivity index (χ2v) is 8.63. The van der Waals surface area contributed by atoms with Crippen molar-refractivity contribution in [3.05, 3.63) is 78.0 Å². The number of aryl methyl sites for hydroxylation is 1. The highest BCUT2D eigenvalue weighted by Gasteiger charge is 2.29. The Morgan fingerprint density at radius 2 is 1.97 bits per heavy atom. The van der Waals surface area contributed by atoms with E-state index in [1.165, 1.54) is 11.8 Å². The maximum Gasteiger partial charge on any atom is 0.209 e. The average molecular weight is 463 g/mol. The third kappa shape index (κ3) is 5.71. The number of ether oxygens (including phenoxy) is 2. The number of rotatable bonds is 10. The SMILES string of the molecule is COCCOc1ccc(C)c(-c2ccnc(N3N=C(Cc4ccccc4)SC3NC=O)c2)c1. The van der Waals surface area contributed by atoms with Crippen LogP contribution in [0.2, 0.25) is 0 Å². The normalized spacial score (nSPS) is 15.3. The number of hydrazone groups is 1. The van der Waals surface area contributed by atoms with Gasteiger partial charge in [-0.25, -0.2) is 9.99 Å². The molecule has 2 heterocycles. The molecule has 1 N–H and O–H groups in total. The van der Waals surface area contributed by atoms with Gasteiger partial charge in [0, 0.05) is 19.7 Å². The first-order valence-corrected chi connectivity index (χ1v) is 11.5. The summed E-state index contributed by atoms with van der Waals surface area (Å²) >= 11 is 1.51. The third-order valence-corrected chi connectivity index (χ3v) is 6.21. The number of carbonyl (C=O) groups excluding carboxylic acids is 1. The van der Waals surface area contributed by atoms with E-state index in [2.05, 4.69) is 29.4 Å². The van der Waals surface area contributed by atoms with Gasteiger partial charge in [-0.15, -0.1) is 0 Å². The molecular formula is C25H26N4O3S. The number of methoxy groups -OCH3 is 1. The summed E-state index contributed by atoms with van der Waals surface area (Å²) in [5.74, 6) is 1.44. The maximum absolute atomic E-state index is 11.2. The lowest BCUT2D eigenvalue weighted by Crippen LogP contribution is -2.37. The van der Waals surface area contributed by atoms with E-state index in [-0.39, 0.29) is 5.50 Å². The molecular weight excluding hydrogens is 436 g/mol. The van der Waals surface area contributed by atoms with Crippen molar-refractivity contribution in [2.24, 2.45) is 5.10 Å². The number of benzene rings is 2. The molecule has 4 rings (SSSR count). The van der Waals surface area contributed by atoms with Gasteiger partial charge in [0.1, 0.15) is 17.4 Å². The Hall–Kier alpha value is -3.36. The van der Waals surface area contributed by atoms with E-state index in [1.54, 1.807) is 18.3 Å². The predicted molar refractivity (Wildman–Crippen MR) is 132 cm³/mol. The van der Waals surface area contributed by atoms with E-state index in [0.717, 1.165) is 33.0 Å². The van der Waals surface area contributed by atoms with E-state index >= 15 is 0 Å². The molecule has 170 valence electrons. The van der Waals surface area contributed by atoms with Crippen molar-refractivity contribution in [2.45, 2.75) is 18.8 Å². The quantitative estimate of drug-likeness (QED) is 0.359. The summed E-state index contributed by atoms with van der Waals surface area (Å²) in [6.45, 7) is 3.08. The summed E-state index contributed by atoms with van der Waals surface area (Å²) in [7, 11) is 1.65. The molecule has 0 saturated heterocycles. The minimum Gasteiger partial charge on any atom is -0.491 e. The molecule has 1 amide bonds. The minimum atomic E-state index is -0.353. The van der Waals surface area contributed by atoms with Gasteiger partial charge < -0.3 is 14.8 Å². The fourth-order valence-electron chi connectivity index (χ4n) is 3.51. The molecule has 8 heteroatoms. The van der Waals surface area contributed by atoms with E-state index in [9.17, 15) is 4.79 Å². The van der Waals surface area contributed by atoms with Crippen molar-refractivity contribution in [2.75, 3.05) is 25.3 Å². The number of nitrogens with zero attached hydrogens (tertiary/aromatic N) is 3. The molecule has 0 radical (unpaired) electrons. The predicted octanol–water partition coefficient (Wildman–Crippen LogP) is 4.22. The first-order chi connectivity index (χ1) is 16.2. The monoisotopic (exact) mass is 462 g/mol. The molecule has 1 aliphatic heterocycles. The van der Waals surface area contributed by atoms with Crippen LogP contribution in [-0.2, 0) is 16.0 Å². The molecule has 1 aliphatic rings. The second-order valence-electron chi connectivity index (χ2n) is 7.48. The zero-order chi connectivity index (χ0) is 23.0. The van der Waals surface area contributed by atoms with Crippen LogP contribution in [0.3, 0.4) is 0 Å². The number of pyridine rings is 1. The number of anilines is 1. The summed E-state index contributed by atoms with van der Waals surface area (Å²) in [5, 5.41) is 10.3. The van der Waals surface area contributed by atoms with Gasteiger partial charge in [0.25, 0.3) is 0 Å². The summed E-state index contributed by atoms with van der Waals surface area (Å²) in [4.78, 5) is 15.8. The fourth-order valence-corrected chi connectivity index (χ4v) is 4.53. The Kier molecular flexibility index (Phi) is 7.59. The van der Waals surface area contributed by atoms with Crippen molar-refractivity contribution in [3.63, 3.8) is 0 Å².